The molecule has 0 aliphatic rings. The normalized spacial score (nSPS) is 11.6. The number of aryl methyl sites for hydroxylation is 1. The number of carbonyl (C=O) groups is 2. The van der Waals surface area contributed by atoms with Gasteiger partial charge in [-0.25, -0.2) is 4.39 Å². The van der Waals surface area contributed by atoms with Crippen molar-refractivity contribution in [3.8, 4) is 11.5 Å². The molecular weight excluding hydrogens is 363 g/mol. The first-order valence-electron chi connectivity index (χ1n) is 9.01. The molecule has 0 aromatic heterocycles. The van der Waals surface area contributed by atoms with Gasteiger partial charge in [0.25, 0.3) is 11.8 Å². The molecule has 0 aliphatic carbocycles. The van der Waals surface area contributed by atoms with Crippen LogP contribution in [-0.2, 0) is 9.59 Å². The van der Waals surface area contributed by atoms with E-state index < -0.39 is 23.7 Å². The van der Waals surface area contributed by atoms with Crippen LogP contribution in [-0.4, -0.2) is 24.5 Å². The second-order valence-electron chi connectivity index (χ2n) is 6.71. The number of amides is 2. The number of nitrogens with one attached hydrogen (secondary N) is 2. The fourth-order valence-electron chi connectivity index (χ4n) is 2.44. The molecule has 0 saturated carbocycles. The third kappa shape index (κ3) is 5.97. The number of hydrogen-bond acceptors (Lipinski definition) is 4. The molecule has 2 N–H and O–H groups in total. The summed E-state index contributed by atoms with van der Waals surface area (Å²) in [5.41, 5.74) is 6.52. The van der Waals surface area contributed by atoms with Gasteiger partial charge in [0.2, 0.25) is 0 Å². The highest BCUT2D eigenvalue weighted by atomic mass is 19.1. The molecule has 0 aliphatic heterocycles. The molecule has 150 valence electrons. The fraction of sp³-hybridized carbons (Fsp3) is 0.333. The Bertz CT molecular complexity index is 839. The van der Waals surface area contributed by atoms with Crippen LogP contribution in [0.1, 0.15) is 37.8 Å². The molecule has 1 atom stereocenters. The van der Waals surface area contributed by atoms with E-state index in [1.165, 1.54) is 25.1 Å². The molecule has 2 aromatic carbocycles. The van der Waals surface area contributed by atoms with Crippen LogP contribution in [0.15, 0.2) is 42.5 Å². The van der Waals surface area contributed by atoms with E-state index in [0.29, 0.717) is 5.75 Å². The number of rotatable bonds is 7. The van der Waals surface area contributed by atoms with Crippen molar-refractivity contribution in [3.05, 3.63) is 59.4 Å². The molecule has 2 aromatic rings. The summed E-state index contributed by atoms with van der Waals surface area (Å²) in [5.74, 6) is -0.876. The minimum Gasteiger partial charge on any atom is -0.483 e. The topological polar surface area (TPSA) is 76.7 Å². The molecule has 0 radical (unpaired) electrons. The van der Waals surface area contributed by atoms with Gasteiger partial charge in [-0.1, -0.05) is 38.1 Å². The lowest BCUT2D eigenvalue weighted by atomic mass is 10.0. The predicted molar refractivity (Wildman–Crippen MR) is 104 cm³/mol. The Morgan fingerprint density at radius 1 is 1.04 bits per heavy atom. The third-order valence-corrected chi connectivity index (χ3v) is 3.98. The maximum absolute atomic E-state index is 13.6. The van der Waals surface area contributed by atoms with Crippen LogP contribution in [0.2, 0.25) is 0 Å². The van der Waals surface area contributed by atoms with Gasteiger partial charge in [-0.15, -0.1) is 0 Å². The van der Waals surface area contributed by atoms with Crippen molar-refractivity contribution in [3.63, 3.8) is 0 Å². The molecule has 0 fully saturated rings. The van der Waals surface area contributed by atoms with E-state index in [9.17, 15) is 14.0 Å². The summed E-state index contributed by atoms with van der Waals surface area (Å²) < 4.78 is 24.4. The summed E-state index contributed by atoms with van der Waals surface area (Å²) >= 11 is 0. The van der Waals surface area contributed by atoms with Gasteiger partial charge in [-0.3, -0.25) is 20.4 Å². The highest BCUT2D eigenvalue weighted by Crippen LogP contribution is 2.27. The van der Waals surface area contributed by atoms with E-state index in [2.05, 4.69) is 10.9 Å². The Balaban J connectivity index is 1.83. The van der Waals surface area contributed by atoms with Crippen LogP contribution in [0.4, 0.5) is 4.39 Å². The van der Waals surface area contributed by atoms with Crippen LogP contribution in [0.5, 0.6) is 11.5 Å². The fourth-order valence-corrected chi connectivity index (χ4v) is 2.44. The van der Waals surface area contributed by atoms with Gasteiger partial charge >= 0.3 is 0 Å². The minimum absolute atomic E-state index is 0.0412. The molecule has 28 heavy (non-hydrogen) atoms. The summed E-state index contributed by atoms with van der Waals surface area (Å²) in [5, 5.41) is 0. The minimum atomic E-state index is -0.998. The molecule has 0 heterocycles. The molecular formula is C21H25FN2O4. The Hall–Kier alpha value is -3.09. The lowest BCUT2D eigenvalue weighted by molar-refractivity contribution is -0.133. The first-order valence-corrected chi connectivity index (χ1v) is 9.01. The van der Waals surface area contributed by atoms with Crippen molar-refractivity contribution in [2.75, 3.05) is 6.61 Å². The molecule has 0 saturated heterocycles. The van der Waals surface area contributed by atoms with E-state index in [0.717, 1.165) is 11.1 Å². The molecule has 0 unspecified atom stereocenters. The summed E-state index contributed by atoms with van der Waals surface area (Å²) in [6.07, 6.45) is -0.998. The number of para-hydroxylation sites is 1. The molecule has 2 rings (SSSR count). The van der Waals surface area contributed by atoms with Gasteiger partial charge in [0.1, 0.15) is 5.75 Å². The van der Waals surface area contributed by atoms with Crippen molar-refractivity contribution < 1.29 is 23.5 Å². The molecule has 2 amide bonds. The van der Waals surface area contributed by atoms with Crippen molar-refractivity contribution in [1.29, 1.82) is 0 Å². The van der Waals surface area contributed by atoms with E-state index in [1.807, 2.05) is 39.0 Å². The lowest BCUT2D eigenvalue weighted by Crippen LogP contribution is -2.48. The number of ether oxygens (including phenoxy) is 2. The predicted octanol–water partition coefficient (Wildman–Crippen LogP) is 3.25. The van der Waals surface area contributed by atoms with Crippen molar-refractivity contribution in [2.45, 2.75) is 39.7 Å². The summed E-state index contributed by atoms with van der Waals surface area (Å²) in [4.78, 5) is 24.0. The van der Waals surface area contributed by atoms with E-state index in [4.69, 9.17) is 9.47 Å². The largest absolute Gasteiger partial charge is 0.483 e. The van der Waals surface area contributed by atoms with E-state index >= 15 is 0 Å². The molecule has 7 heteroatoms. The summed E-state index contributed by atoms with van der Waals surface area (Å²) in [6, 6.07) is 11.6. The Kier molecular flexibility index (Phi) is 7.37. The van der Waals surface area contributed by atoms with Crippen LogP contribution in [0.25, 0.3) is 0 Å². The average Bonchev–Trinajstić information content (AvgIpc) is 2.65. The zero-order valence-corrected chi connectivity index (χ0v) is 16.4. The second kappa shape index (κ2) is 9.73. The van der Waals surface area contributed by atoms with Crippen molar-refractivity contribution in [1.82, 2.24) is 10.9 Å². The molecule has 0 bridgehead atoms. The number of carbonyl (C=O) groups excluding carboxylic acids is 2. The van der Waals surface area contributed by atoms with Crippen molar-refractivity contribution >= 4 is 11.8 Å². The number of hydrazine groups is 1. The van der Waals surface area contributed by atoms with Crippen LogP contribution in [0, 0.1) is 12.7 Å². The number of hydrogen-bond donors (Lipinski definition) is 2. The maximum atomic E-state index is 13.6. The van der Waals surface area contributed by atoms with Crippen LogP contribution in [0.3, 0.4) is 0 Å². The van der Waals surface area contributed by atoms with Gasteiger partial charge in [-0.2, -0.15) is 0 Å². The number of benzene rings is 2. The maximum Gasteiger partial charge on any atom is 0.279 e. The monoisotopic (exact) mass is 388 g/mol. The first kappa shape index (κ1) is 21.2. The smallest absolute Gasteiger partial charge is 0.279 e. The Morgan fingerprint density at radius 3 is 2.43 bits per heavy atom. The van der Waals surface area contributed by atoms with Crippen LogP contribution >= 0.6 is 0 Å². The summed E-state index contributed by atoms with van der Waals surface area (Å²) in [6.45, 7) is 7.20. The number of halogens is 1. The SMILES string of the molecule is Cc1ccc(C(C)C)c(OCC(=O)NNC(=O)[C@@H](C)Oc2ccccc2F)c1. The van der Waals surface area contributed by atoms with Gasteiger partial charge < -0.3 is 9.47 Å². The van der Waals surface area contributed by atoms with E-state index in [1.54, 1.807) is 6.07 Å². The second-order valence-corrected chi connectivity index (χ2v) is 6.71. The Morgan fingerprint density at radius 2 is 1.75 bits per heavy atom. The highest BCUT2D eigenvalue weighted by Gasteiger charge is 2.17. The Labute approximate surface area is 164 Å². The van der Waals surface area contributed by atoms with Crippen LogP contribution < -0.4 is 20.3 Å². The standard InChI is InChI=1S/C21H25FN2O4/c1-13(2)16-10-9-14(3)11-19(16)27-12-20(25)23-24-21(26)15(4)28-18-8-6-5-7-17(18)22/h5-11,13,15H,12H2,1-4H3,(H,23,25)(H,24,26)/t15-/m1/s1. The average molecular weight is 388 g/mol. The molecule has 0 spiro atoms. The zero-order valence-electron chi connectivity index (χ0n) is 16.4. The van der Waals surface area contributed by atoms with E-state index in [-0.39, 0.29) is 18.3 Å². The lowest BCUT2D eigenvalue weighted by Gasteiger charge is -2.16. The quantitative estimate of drug-likeness (QED) is 0.714. The van der Waals surface area contributed by atoms with Gasteiger partial charge in [0.05, 0.1) is 0 Å². The van der Waals surface area contributed by atoms with Gasteiger partial charge in [0, 0.05) is 0 Å². The summed E-state index contributed by atoms with van der Waals surface area (Å²) in [7, 11) is 0. The highest BCUT2D eigenvalue weighted by molar-refractivity contribution is 5.85. The van der Waals surface area contributed by atoms with Crippen molar-refractivity contribution in [2.24, 2.45) is 0 Å². The molecule has 6 nitrogen and oxygen atoms in total. The third-order valence-electron chi connectivity index (χ3n) is 3.98. The zero-order chi connectivity index (χ0) is 20.7. The first-order chi connectivity index (χ1) is 13.3. The van der Waals surface area contributed by atoms with Gasteiger partial charge in [0.15, 0.2) is 24.3 Å². The van der Waals surface area contributed by atoms with Gasteiger partial charge in [-0.05, 0) is 49.1 Å².